The average molecular weight is 325 g/mol. The van der Waals surface area contributed by atoms with Gasteiger partial charge in [-0.25, -0.2) is 0 Å². The number of rotatable bonds is 3. The third kappa shape index (κ3) is 3.36. The van der Waals surface area contributed by atoms with Crippen molar-refractivity contribution in [3.8, 4) is 0 Å². The smallest absolute Gasteiger partial charge is 0.256 e. The van der Waals surface area contributed by atoms with Crippen molar-refractivity contribution in [2.45, 2.75) is 6.42 Å². The van der Waals surface area contributed by atoms with Crippen molar-refractivity contribution in [1.82, 2.24) is 4.90 Å². The van der Waals surface area contributed by atoms with Crippen LogP contribution >= 0.6 is 15.9 Å². The highest BCUT2D eigenvalue weighted by molar-refractivity contribution is 9.10. The van der Waals surface area contributed by atoms with Crippen LogP contribution in [0.4, 0.5) is 5.69 Å². The molecule has 0 atom stereocenters. The molecule has 0 saturated heterocycles. The SMILES string of the molecule is COCC1=CCN(C(=O)c2ccc(Br)cc2N)CC1. The molecule has 0 unspecified atom stereocenters. The zero-order valence-corrected chi connectivity index (χ0v) is 12.4. The summed E-state index contributed by atoms with van der Waals surface area (Å²) in [5.74, 6) is -0.0160. The summed E-state index contributed by atoms with van der Waals surface area (Å²) in [5, 5.41) is 0. The van der Waals surface area contributed by atoms with Crippen LogP contribution in [0.1, 0.15) is 16.8 Å². The maximum absolute atomic E-state index is 12.4. The van der Waals surface area contributed by atoms with Gasteiger partial charge in [-0.15, -0.1) is 0 Å². The van der Waals surface area contributed by atoms with Crippen LogP contribution in [0.5, 0.6) is 0 Å². The number of anilines is 1. The molecule has 0 spiro atoms. The van der Waals surface area contributed by atoms with E-state index in [-0.39, 0.29) is 5.91 Å². The largest absolute Gasteiger partial charge is 0.398 e. The fraction of sp³-hybridized carbons (Fsp3) is 0.357. The molecule has 0 saturated carbocycles. The van der Waals surface area contributed by atoms with Crippen LogP contribution < -0.4 is 5.73 Å². The predicted molar refractivity (Wildman–Crippen MR) is 79.0 cm³/mol. The quantitative estimate of drug-likeness (QED) is 0.686. The topological polar surface area (TPSA) is 55.6 Å². The molecule has 2 rings (SSSR count). The molecule has 102 valence electrons. The Morgan fingerprint density at radius 1 is 1.53 bits per heavy atom. The van der Waals surface area contributed by atoms with Crippen molar-refractivity contribution in [3.63, 3.8) is 0 Å². The first-order chi connectivity index (χ1) is 9.11. The Morgan fingerprint density at radius 2 is 2.32 bits per heavy atom. The van der Waals surface area contributed by atoms with Crippen molar-refractivity contribution < 1.29 is 9.53 Å². The number of hydrogen-bond donors (Lipinski definition) is 1. The number of nitrogen functional groups attached to an aromatic ring is 1. The fourth-order valence-corrected chi connectivity index (χ4v) is 2.49. The van der Waals surface area contributed by atoms with Gasteiger partial charge in [0, 0.05) is 30.4 Å². The summed E-state index contributed by atoms with van der Waals surface area (Å²) < 4.78 is 5.97. The number of carbonyl (C=O) groups is 1. The number of carbonyl (C=O) groups excluding carboxylic acids is 1. The number of amides is 1. The van der Waals surface area contributed by atoms with Crippen molar-refractivity contribution in [1.29, 1.82) is 0 Å². The number of nitrogens with two attached hydrogens (primary N) is 1. The maximum Gasteiger partial charge on any atom is 0.256 e. The summed E-state index contributed by atoms with van der Waals surface area (Å²) in [7, 11) is 1.68. The lowest BCUT2D eigenvalue weighted by atomic mass is 10.1. The minimum atomic E-state index is -0.0160. The van der Waals surface area contributed by atoms with Gasteiger partial charge in [-0.05, 0) is 30.2 Å². The molecule has 4 nitrogen and oxygen atoms in total. The van der Waals surface area contributed by atoms with Gasteiger partial charge in [-0.2, -0.15) is 0 Å². The fourth-order valence-electron chi connectivity index (χ4n) is 2.11. The van der Waals surface area contributed by atoms with E-state index in [1.165, 1.54) is 5.57 Å². The Balaban J connectivity index is 2.09. The van der Waals surface area contributed by atoms with Crippen LogP contribution in [0.3, 0.4) is 0 Å². The molecular formula is C14H17BrN2O2. The highest BCUT2D eigenvalue weighted by Gasteiger charge is 2.20. The summed E-state index contributed by atoms with van der Waals surface area (Å²) in [6.45, 7) is 1.97. The first kappa shape index (κ1) is 14.1. The molecule has 1 heterocycles. The van der Waals surface area contributed by atoms with Gasteiger partial charge in [-0.1, -0.05) is 22.0 Å². The van der Waals surface area contributed by atoms with Crippen molar-refractivity contribution in [3.05, 3.63) is 39.9 Å². The molecule has 1 aliphatic heterocycles. The Morgan fingerprint density at radius 3 is 2.89 bits per heavy atom. The van der Waals surface area contributed by atoms with Crippen molar-refractivity contribution >= 4 is 27.5 Å². The monoisotopic (exact) mass is 324 g/mol. The van der Waals surface area contributed by atoms with Gasteiger partial charge in [0.1, 0.15) is 0 Å². The Kier molecular flexibility index (Phi) is 4.61. The molecule has 1 aromatic carbocycles. The second-order valence-electron chi connectivity index (χ2n) is 4.53. The molecule has 0 fully saturated rings. The standard InChI is InChI=1S/C14H17BrN2O2/c1-19-9-10-4-6-17(7-5-10)14(18)12-3-2-11(15)8-13(12)16/h2-4,8H,5-7,9,16H2,1H3. The van der Waals surface area contributed by atoms with Gasteiger partial charge in [-0.3, -0.25) is 4.79 Å². The summed E-state index contributed by atoms with van der Waals surface area (Å²) in [4.78, 5) is 14.2. The number of benzene rings is 1. The van der Waals surface area contributed by atoms with E-state index in [0.29, 0.717) is 30.9 Å². The van der Waals surface area contributed by atoms with Crippen LogP contribution in [0.25, 0.3) is 0 Å². The first-order valence-electron chi connectivity index (χ1n) is 6.13. The van der Waals surface area contributed by atoms with Crippen LogP contribution in [0.2, 0.25) is 0 Å². The average Bonchev–Trinajstić information content (AvgIpc) is 2.39. The molecule has 1 amide bonds. The van der Waals surface area contributed by atoms with Gasteiger partial charge in [0.25, 0.3) is 5.91 Å². The van der Waals surface area contributed by atoms with Gasteiger partial charge >= 0.3 is 0 Å². The first-order valence-corrected chi connectivity index (χ1v) is 6.92. The summed E-state index contributed by atoms with van der Waals surface area (Å²) in [6.07, 6.45) is 2.91. The maximum atomic E-state index is 12.4. The lowest BCUT2D eigenvalue weighted by Crippen LogP contribution is -2.35. The second-order valence-corrected chi connectivity index (χ2v) is 5.44. The van der Waals surface area contributed by atoms with E-state index in [0.717, 1.165) is 10.9 Å². The van der Waals surface area contributed by atoms with E-state index in [1.54, 1.807) is 24.1 Å². The highest BCUT2D eigenvalue weighted by Crippen LogP contribution is 2.21. The Labute approximate surface area is 121 Å². The summed E-state index contributed by atoms with van der Waals surface area (Å²) in [5.41, 5.74) is 8.20. The molecular weight excluding hydrogens is 308 g/mol. The van der Waals surface area contributed by atoms with Gasteiger partial charge in [0.15, 0.2) is 0 Å². The van der Waals surface area contributed by atoms with Crippen LogP contribution in [0, 0.1) is 0 Å². The van der Waals surface area contributed by atoms with E-state index in [2.05, 4.69) is 22.0 Å². The third-order valence-electron chi connectivity index (χ3n) is 3.16. The number of ether oxygens (including phenoxy) is 1. The minimum absolute atomic E-state index is 0.0160. The molecule has 0 radical (unpaired) electrons. The minimum Gasteiger partial charge on any atom is -0.398 e. The molecule has 5 heteroatoms. The third-order valence-corrected chi connectivity index (χ3v) is 3.66. The number of methoxy groups -OCH3 is 1. The Hall–Kier alpha value is -1.33. The number of halogens is 1. The molecule has 2 N–H and O–H groups in total. The van der Waals surface area contributed by atoms with Crippen LogP contribution in [-0.2, 0) is 4.74 Å². The van der Waals surface area contributed by atoms with E-state index in [9.17, 15) is 4.79 Å². The summed E-state index contributed by atoms with van der Waals surface area (Å²) in [6, 6.07) is 5.35. The highest BCUT2D eigenvalue weighted by atomic mass is 79.9. The molecule has 0 aromatic heterocycles. The normalized spacial score (nSPS) is 15.3. The van der Waals surface area contributed by atoms with E-state index in [1.807, 2.05) is 6.07 Å². The lowest BCUT2D eigenvalue weighted by molar-refractivity contribution is 0.0766. The van der Waals surface area contributed by atoms with E-state index >= 15 is 0 Å². The zero-order valence-electron chi connectivity index (χ0n) is 10.9. The van der Waals surface area contributed by atoms with Crippen molar-refractivity contribution in [2.24, 2.45) is 0 Å². The van der Waals surface area contributed by atoms with Crippen LogP contribution in [0.15, 0.2) is 34.3 Å². The molecule has 19 heavy (non-hydrogen) atoms. The zero-order chi connectivity index (χ0) is 13.8. The number of nitrogens with zero attached hydrogens (tertiary/aromatic N) is 1. The molecule has 0 bridgehead atoms. The van der Waals surface area contributed by atoms with Gasteiger partial charge in [0.05, 0.1) is 12.2 Å². The molecule has 1 aliphatic rings. The summed E-state index contributed by atoms with van der Waals surface area (Å²) >= 11 is 3.34. The van der Waals surface area contributed by atoms with Crippen molar-refractivity contribution in [2.75, 3.05) is 32.5 Å². The lowest BCUT2D eigenvalue weighted by Gasteiger charge is -2.26. The van der Waals surface area contributed by atoms with E-state index < -0.39 is 0 Å². The van der Waals surface area contributed by atoms with Gasteiger partial charge < -0.3 is 15.4 Å². The van der Waals surface area contributed by atoms with Gasteiger partial charge in [0.2, 0.25) is 0 Å². The van der Waals surface area contributed by atoms with Crippen LogP contribution in [-0.4, -0.2) is 37.6 Å². The number of hydrogen-bond acceptors (Lipinski definition) is 3. The molecule has 0 aliphatic carbocycles. The predicted octanol–water partition coefficient (Wildman–Crippen LogP) is 2.45. The second kappa shape index (κ2) is 6.21. The molecule has 1 aromatic rings. The Bertz CT molecular complexity index is 514. The van der Waals surface area contributed by atoms with E-state index in [4.69, 9.17) is 10.5 Å².